The first-order valence-electron chi connectivity index (χ1n) is 23.2. The summed E-state index contributed by atoms with van der Waals surface area (Å²) in [5, 5.41) is 0. The second kappa shape index (κ2) is 41.7. The van der Waals surface area contributed by atoms with Crippen LogP contribution in [-0.4, -0.2) is 25.2 Å². The van der Waals surface area contributed by atoms with Crippen molar-refractivity contribution >= 4 is 11.9 Å². The average Bonchev–Trinajstić information content (AvgIpc) is 3.09. The Morgan fingerprint density at radius 3 is 0.667 bits per heavy atom. The minimum absolute atomic E-state index is 0.253. The molecular weight excluding hydrogens is 629 g/mol. The Hall–Kier alpha value is -1.06. The quantitative estimate of drug-likeness (QED) is 0.0358. The second-order valence-electron chi connectivity index (χ2n) is 17.0. The molecule has 0 amide bonds. The molecule has 0 rings (SSSR count). The number of carbonyl (C=O) groups is 2. The van der Waals surface area contributed by atoms with E-state index in [0.717, 1.165) is 37.5 Å². The standard InChI is InChI=1S/C47H92O4/c1-44(2)39-35-31-27-23-19-15-11-7-5-9-13-17-21-25-29-33-37-41-50-46(48)43-47(49)51-42-38-34-30-26-22-18-14-10-6-8-12-16-20-24-28-32-36-40-45(3)4/h44-45H,5-43H2,1-4H3. The van der Waals surface area contributed by atoms with Crippen molar-refractivity contribution in [2.75, 3.05) is 13.2 Å². The van der Waals surface area contributed by atoms with Gasteiger partial charge in [-0.1, -0.05) is 246 Å². The number of carbonyl (C=O) groups excluding carboxylic acids is 2. The van der Waals surface area contributed by atoms with Gasteiger partial charge in [0, 0.05) is 0 Å². The molecule has 0 N–H and O–H groups in total. The highest BCUT2D eigenvalue weighted by Gasteiger charge is 2.11. The van der Waals surface area contributed by atoms with E-state index in [9.17, 15) is 9.59 Å². The lowest BCUT2D eigenvalue weighted by molar-refractivity contribution is -0.154. The van der Waals surface area contributed by atoms with Gasteiger partial charge in [-0.3, -0.25) is 9.59 Å². The Morgan fingerprint density at radius 1 is 0.294 bits per heavy atom. The zero-order valence-electron chi connectivity index (χ0n) is 35.4. The van der Waals surface area contributed by atoms with Gasteiger partial charge in [0.25, 0.3) is 0 Å². The highest BCUT2D eigenvalue weighted by atomic mass is 16.6. The number of rotatable bonds is 42. The summed E-state index contributed by atoms with van der Waals surface area (Å²) >= 11 is 0. The number of hydrogen-bond donors (Lipinski definition) is 0. The van der Waals surface area contributed by atoms with Crippen molar-refractivity contribution in [3.05, 3.63) is 0 Å². The van der Waals surface area contributed by atoms with Crippen LogP contribution in [0.15, 0.2) is 0 Å². The maximum atomic E-state index is 11.9. The van der Waals surface area contributed by atoms with Crippen molar-refractivity contribution in [3.63, 3.8) is 0 Å². The lowest BCUT2D eigenvalue weighted by Crippen LogP contribution is -2.15. The fraction of sp³-hybridized carbons (Fsp3) is 0.957. The van der Waals surface area contributed by atoms with Crippen LogP contribution in [0.1, 0.15) is 265 Å². The minimum atomic E-state index is -0.444. The van der Waals surface area contributed by atoms with E-state index in [1.54, 1.807) is 0 Å². The van der Waals surface area contributed by atoms with Crippen molar-refractivity contribution in [2.45, 2.75) is 265 Å². The van der Waals surface area contributed by atoms with Crippen LogP contribution in [0, 0.1) is 11.8 Å². The van der Waals surface area contributed by atoms with Gasteiger partial charge in [0.1, 0.15) is 6.42 Å². The van der Waals surface area contributed by atoms with Gasteiger partial charge in [-0.15, -0.1) is 0 Å². The molecule has 0 saturated carbocycles. The summed E-state index contributed by atoms with van der Waals surface area (Å²) in [6.45, 7) is 10.2. The smallest absolute Gasteiger partial charge is 0.317 e. The first-order chi connectivity index (χ1) is 24.9. The van der Waals surface area contributed by atoms with E-state index in [4.69, 9.17) is 9.47 Å². The van der Waals surface area contributed by atoms with Gasteiger partial charge in [-0.25, -0.2) is 0 Å². The monoisotopic (exact) mass is 721 g/mol. The SMILES string of the molecule is CC(C)CCCCCCCCCCCCCCCCCCCOC(=O)CC(=O)OCCCCCCCCCCCCCCCCCCCC(C)C. The molecule has 0 saturated heterocycles. The largest absolute Gasteiger partial charge is 0.465 e. The van der Waals surface area contributed by atoms with E-state index in [1.807, 2.05) is 0 Å². The highest BCUT2D eigenvalue weighted by molar-refractivity contribution is 5.91. The van der Waals surface area contributed by atoms with E-state index in [1.165, 1.54) is 205 Å². The lowest BCUT2D eigenvalue weighted by Gasteiger charge is -2.07. The van der Waals surface area contributed by atoms with Crippen LogP contribution in [-0.2, 0) is 19.1 Å². The zero-order chi connectivity index (χ0) is 37.3. The lowest BCUT2D eigenvalue weighted by atomic mass is 10.0. The molecular formula is C47H92O4. The third kappa shape index (κ3) is 45.0. The van der Waals surface area contributed by atoms with Gasteiger partial charge in [-0.05, 0) is 24.7 Å². The van der Waals surface area contributed by atoms with Crippen molar-refractivity contribution in [2.24, 2.45) is 11.8 Å². The molecule has 0 aromatic heterocycles. The molecule has 4 heteroatoms. The topological polar surface area (TPSA) is 52.6 Å². The molecule has 0 unspecified atom stereocenters. The minimum Gasteiger partial charge on any atom is -0.465 e. The third-order valence-electron chi connectivity index (χ3n) is 10.7. The van der Waals surface area contributed by atoms with E-state index in [-0.39, 0.29) is 6.42 Å². The maximum Gasteiger partial charge on any atom is 0.317 e. The summed E-state index contributed by atoms with van der Waals surface area (Å²) in [7, 11) is 0. The summed E-state index contributed by atoms with van der Waals surface area (Å²) in [5.74, 6) is 0.846. The summed E-state index contributed by atoms with van der Waals surface area (Å²) < 4.78 is 10.5. The van der Waals surface area contributed by atoms with Crippen molar-refractivity contribution < 1.29 is 19.1 Å². The Morgan fingerprint density at radius 2 is 0.471 bits per heavy atom. The van der Waals surface area contributed by atoms with Gasteiger partial charge in [0.05, 0.1) is 13.2 Å². The Bertz CT molecular complexity index is 644. The summed E-state index contributed by atoms with van der Waals surface area (Å²) in [6, 6.07) is 0. The number of hydrogen-bond acceptors (Lipinski definition) is 4. The van der Waals surface area contributed by atoms with Gasteiger partial charge >= 0.3 is 11.9 Å². The maximum absolute atomic E-state index is 11.9. The average molecular weight is 721 g/mol. The van der Waals surface area contributed by atoms with Crippen LogP contribution in [0.5, 0.6) is 0 Å². The number of ether oxygens (including phenoxy) is 2. The van der Waals surface area contributed by atoms with E-state index < -0.39 is 11.9 Å². The molecule has 0 bridgehead atoms. The molecule has 0 heterocycles. The Kier molecular flexibility index (Phi) is 40.8. The predicted molar refractivity (Wildman–Crippen MR) is 222 cm³/mol. The molecule has 0 fully saturated rings. The highest BCUT2D eigenvalue weighted by Crippen LogP contribution is 2.17. The molecule has 51 heavy (non-hydrogen) atoms. The molecule has 4 nitrogen and oxygen atoms in total. The Balaban J connectivity index is 3.26. The molecule has 0 spiro atoms. The molecule has 0 aromatic rings. The first kappa shape index (κ1) is 49.9. The molecule has 0 aromatic carbocycles. The Labute approximate surface area is 320 Å². The summed E-state index contributed by atoms with van der Waals surface area (Å²) in [4.78, 5) is 23.9. The summed E-state index contributed by atoms with van der Waals surface area (Å²) in [6.07, 6.45) is 48.1. The fourth-order valence-electron chi connectivity index (χ4n) is 7.20. The van der Waals surface area contributed by atoms with Crippen LogP contribution in [0.4, 0.5) is 0 Å². The van der Waals surface area contributed by atoms with Gasteiger partial charge in [-0.2, -0.15) is 0 Å². The summed E-state index contributed by atoms with van der Waals surface area (Å²) in [5.41, 5.74) is 0. The molecule has 0 aliphatic carbocycles. The number of esters is 2. The van der Waals surface area contributed by atoms with Gasteiger partial charge < -0.3 is 9.47 Å². The van der Waals surface area contributed by atoms with E-state index in [0.29, 0.717) is 13.2 Å². The molecule has 0 aliphatic rings. The van der Waals surface area contributed by atoms with E-state index >= 15 is 0 Å². The van der Waals surface area contributed by atoms with Crippen molar-refractivity contribution in [1.82, 2.24) is 0 Å². The molecule has 0 radical (unpaired) electrons. The normalized spacial score (nSPS) is 11.6. The molecule has 304 valence electrons. The van der Waals surface area contributed by atoms with Crippen LogP contribution in [0.25, 0.3) is 0 Å². The zero-order valence-corrected chi connectivity index (χ0v) is 35.4. The molecule has 0 aliphatic heterocycles. The van der Waals surface area contributed by atoms with Crippen LogP contribution in [0.2, 0.25) is 0 Å². The fourth-order valence-corrected chi connectivity index (χ4v) is 7.20. The van der Waals surface area contributed by atoms with Crippen molar-refractivity contribution in [1.29, 1.82) is 0 Å². The predicted octanol–water partition coefficient (Wildman–Crippen LogP) is 15.8. The number of unbranched alkanes of at least 4 members (excludes halogenated alkanes) is 32. The molecule has 0 atom stereocenters. The van der Waals surface area contributed by atoms with Crippen molar-refractivity contribution in [3.8, 4) is 0 Å². The van der Waals surface area contributed by atoms with Crippen LogP contribution in [0.3, 0.4) is 0 Å². The van der Waals surface area contributed by atoms with Gasteiger partial charge in [0.2, 0.25) is 0 Å². The van der Waals surface area contributed by atoms with Gasteiger partial charge in [0.15, 0.2) is 0 Å². The third-order valence-corrected chi connectivity index (χ3v) is 10.7. The second-order valence-corrected chi connectivity index (χ2v) is 17.0. The van der Waals surface area contributed by atoms with Crippen LogP contribution < -0.4 is 0 Å². The van der Waals surface area contributed by atoms with Crippen LogP contribution >= 0.6 is 0 Å². The first-order valence-corrected chi connectivity index (χ1v) is 23.2. The van der Waals surface area contributed by atoms with E-state index in [2.05, 4.69) is 27.7 Å².